The van der Waals surface area contributed by atoms with Crippen LogP contribution < -0.4 is 10.6 Å². The molecule has 1 aromatic heterocycles. The Kier molecular flexibility index (Phi) is 6.05. The van der Waals surface area contributed by atoms with Crippen molar-refractivity contribution in [1.82, 2.24) is 0 Å². The Hall–Kier alpha value is -2.38. The van der Waals surface area contributed by atoms with E-state index in [2.05, 4.69) is 10.6 Å². The summed E-state index contributed by atoms with van der Waals surface area (Å²) in [5, 5.41) is 18.0. The minimum atomic E-state index is -1.03. The number of carbonyl (C=O) groups excluding carboxylic acids is 1. The van der Waals surface area contributed by atoms with Gasteiger partial charge in [0.1, 0.15) is 5.00 Å². The first kappa shape index (κ1) is 20.4. The third kappa shape index (κ3) is 4.72. The smallest absolute Gasteiger partial charge is 0.339 e. The molecule has 1 fully saturated rings. The molecular weight excluding hydrogens is 376 g/mol. The Balaban J connectivity index is 1.71. The van der Waals surface area contributed by atoms with Crippen molar-refractivity contribution in [2.45, 2.75) is 45.1 Å². The second-order valence-electron chi connectivity index (χ2n) is 7.97. The molecule has 2 heterocycles. The van der Waals surface area contributed by atoms with Gasteiger partial charge in [0.25, 0.3) is 5.91 Å². The fourth-order valence-corrected chi connectivity index (χ4v) is 4.36. The van der Waals surface area contributed by atoms with Crippen LogP contribution in [0, 0.1) is 0 Å². The van der Waals surface area contributed by atoms with Crippen LogP contribution in [-0.2, 0) is 10.2 Å². The number of amides is 1. The van der Waals surface area contributed by atoms with Gasteiger partial charge in [-0.05, 0) is 53.5 Å². The minimum Gasteiger partial charge on any atom is -0.478 e. The Morgan fingerprint density at radius 1 is 1.14 bits per heavy atom. The summed E-state index contributed by atoms with van der Waals surface area (Å²) in [6.07, 6.45) is 1.93. The average molecular weight is 403 g/mol. The maximum absolute atomic E-state index is 12.6. The Labute approximate surface area is 168 Å². The van der Waals surface area contributed by atoms with Crippen LogP contribution in [0.3, 0.4) is 0 Å². The fraction of sp³-hybridized carbons (Fsp3) is 0.429. The Morgan fingerprint density at radius 3 is 2.36 bits per heavy atom. The average Bonchev–Trinajstić information content (AvgIpc) is 3.07. The van der Waals surface area contributed by atoms with E-state index in [1.54, 1.807) is 17.5 Å². The van der Waals surface area contributed by atoms with Crippen LogP contribution in [0.2, 0.25) is 0 Å². The van der Waals surface area contributed by atoms with Crippen molar-refractivity contribution in [1.29, 1.82) is 0 Å². The molecule has 0 atom stereocenters. The van der Waals surface area contributed by atoms with Gasteiger partial charge in [-0.1, -0.05) is 20.8 Å². The van der Waals surface area contributed by atoms with Crippen molar-refractivity contribution >= 4 is 33.9 Å². The monoisotopic (exact) mass is 402 g/mol. The van der Waals surface area contributed by atoms with Gasteiger partial charge in [-0.25, -0.2) is 4.79 Å². The van der Waals surface area contributed by atoms with Gasteiger partial charge in [-0.3, -0.25) is 4.79 Å². The number of carboxylic acids is 1. The molecule has 6 nitrogen and oxygen atoms in total. The van der Waals surface area contributed by atoms with E-state index in [-0.39, 0.29) is 16.9 Å². The number of nitrogens with one attached hydrogen (secondary N) is 2. The lowest BCUT2D eigenvalue weighted by atomic mass is 9.86. The van der Waals surface area contributed by atoms with E-state index in [4.69, 9.17) is 4.74 Å². The molecule has 0 spiro atoms. The Morgan fingerprint density at radius 2 is 1.79 bits per heavy atom. The van der Waals surface area contributed by atoms with Crippen molar-refractivity contribution in [2.24, 2.45) is 0 Å². The summed E-state index contributed by atoms with van der Waals surface area (Å²) in [6, 6.07) is 7.62. The van der Waals surface area contributed by atoms with Gasteiger partial charge in [0.15, 0.2) is 0 Å². The highest BCUT2D eigenvalue weighted by molar-refractivity contribution is 7.15. The lowest BCUT2D eigenvalue weighted by molar-refractivity contribution is 0.0696. The SMILES string of the molecule is CC(C)(C)c1csc(NC(=O)c2ccc(NC3CCOCC3)cc2)c1C(=O)O. The maximum Gasteiger partial charge on any atom is 0.339 e. The van der Waals surface area contributed by atoms with Crippen molar-refractivity contribution in [3.05, 3.63) is 46.3 Å². The molecule has 2 aromatic rings. The normalized spacial score (nSPS) is 15.2. The second-order valence-corrected chi connectivity index (χ2v) is 8.85. The molecule has 28 heavy (non-hydrogen) atoms. The first-order valence-corrected chi connectivity index (χ1v) is 10.2. The van der Waals surface area contributed by atoms with Crippen LogP contribution >= 0.6 is 11.3 Å². The van der Waals surface area contributed by atoms with E-state index in [1.165, 1.54) is 11.3 Å². The summed E-state index contributed by atoms with van der Waals surface area (Å²) < 4.78 is 5.36. The van der Waals surface area contributed by atoms with Crippen LogP contribution in [0.5, 0.6) is 0 Å². The van der Waals surface area contributed by atoms with Gasteiger partial charge in [-0.15, -0.1) is 11.3 Å². The molecule has 1 aliphatic heterocycles. The van der Waals surface area contributed by atoms with Crippen LogP contribution in [0.1, 0.15) is 59.9 Å². The van der Waals surface area contributed by atoms with E-state index >= 15 is 0 Å². The lowest BCUT2D eigenvalue weighted by Crippen LogP contribution is -2.27. The summed E-state index contributed by atoms with van der Waals surface area (Å²) in [5.74, 6) is -1.35. The van der Waals surface area contributed by atoms with Crippen molar-refractivity contribution < 1.29 is 19.4 Å². The highest BCUT2D eigenvalue weighted by Crippen LogP contribution is 2.36. The van der Waals surface area contributed by atoms with Crippen molar-refractivity contribution in [3.8, 4) is 0 Å². The third-order valence-electron chi connectivity index (χ3n) is 4.78. The second kappa shape index (κ2) is 8.32. The number of aromatic carboxylic acids is 1. The number of anilines is 2. The third-order valence-corrected chi connectivity index (χ3v) is 5.67. The molecule has 150 valence electrons. The minimum absolute atomic E-state index is 0.170. The van der Waals surface area contributed by atoms with Crippen LogP contribution in [0.25, 0.3) is 0 Å². The molecule has 3 N–H and O–H groups in total. The number of carboxylic acid groups (broad SMARTS) is 1. The number of ether oxygens (including phenoxy) is 1. The quantitative estimate of drug-likeness (QED) is 0.681. The molecule has 1 amide bonds. The molecular formula is C21H26N2O4S. The highest BCUT2D eigenvalue weighted by atomic mass is 32.1. The molecule has 0 radical (unpaired) electrons. The van der Waals surface area contributed by atoms with Gasteiger partial charge < -0.3 is 20.5 Å². The zero-order valence-corrected chi connectivity index (χ0v) is 17.2. The molecule has 0 unspecified atom stereocenters. The number of carbonyl (C=O) groups is 2. The highest BCUT2D eigenvalue weighted by Gasteiger charge is 2.27. The summed E-state index contributed by atoms with van der Waals surface area (Å²) in [4.78, 5) is 24.4. The zero-order chi connectivity index (χ0) is 20.3. The summed E-state index contributed by atoms with van der Waals surface area (Å²) in [6.45, 7) is 7.40. The number of hydrogen-bond donors (Lipinski definition) is 3. The van der Waals surface area contributed by atoms with Gasteiger partial charge in [0, 0.05) is 30.5 Å². The molecule has 1 aromatic carbocycles. The number of benzene rings is 1. The van der Waals surface area contributed by atoms with E-state index in [0.717, 1.165) is 37.3 Å². The first-order chi connectivity index (χ1) is 13.3. The van der Waals surface area contributed by atoms with Crippen LogP contribution in [0.15, 0.2) is 29.6 Å². The van der Waals surface area contributed by atoms with Crippen molar-refractivity contribution in [3.63, 3.8) is 0 Å². The predicted molar refractivity (Wildman–Crippen MR) is 112 cm³/mol. The Bertz CT molecular complexity index is 846. The lowest BCUT2D eigenvalue weighted by Gasteiger charge is -2.24. The molecule has 0 saturated carbocycles. The van der Waals surface area contributed by atoms with Crippen molar-refractivity contribution in [2.75, 3.05) is 23.8 Å². The van der Waals surface area contributed by atoms with E-state index < -0.39 is 5.97 Å². The standard InChI is InChI=1S/C21H26N2O4S/c1-21(2,3)16-12-28-19(17(16)20(25)26)23-18(24)13-4-6-14(7-5-13)22-15-8-10-27-11-9-15/h4-7,12,15,22H,8-11H2,1-3H3,(H,23,24)(H,25,26). The number of rotatable bonds is 5. The van der Waals surface area contributed by atoms with Crippen LogP contribution in [0.4, 0.5) is 10.7 Å². The molecule has 7 heteroatoms. The molecule has 1 aliphatic rings. The first-order valence-electron chi connectivity index (χ1n) is 9.36. The molecule has 0 aliphatic carbocycles. The van der Waals surface area contributed by atoms with E-state index in [0.29, 0.717) is 16.6 Å². The zero-order valence-electron chi connectivity index (χ0n) is 16.4. The summed E-state index contributed by atoms with van der Waals surface area (Å²) >= 11 is 1.24. The number of hydrogen-bond acceptors (Lipinski definition) is 5. The van der Waals surface area contributed by atoms with Crippen LogP contribution in [-0.4, -0.2) is 36.2 Å². The van der Waals surface area contributed by atoms with E-state index in [9.17, 15) is 14.7 Å². The number of thiophene rings is 1. The van der Waals surface area contributed by atoms with Gasteiger partial charge in [0.2, 0.25) is 0 Å². The van der Waals surface area contributed by atoms with Gasteiger partial charge in [0.05, 0.1) is 5.56 Å². The van der Waals surface area contributed by atoms with E-state index in [1.807, 2.05) is 32.9 Å². The maximum atomic E-state index is 12.6. The fourth-order valence-electron chi connectivity index (χ4n) is 3.18. The molecule has 1 saturated heterocycles. The topological polar surface area (TPSA) is 87.7 Å². The van der Waals surface area contributed by atoms with Gasteiger partial charge >= 0.3 is 5.97 Å². The predicted octanol–water partition coefficient (Wildman–Crippen LogP) is 4.59. The largest absolute Gasteiger partial charge is 0.478 e. The summed E-state index contributed by atoms with van der Waals surface area (Å²) in [7, 11) is 0. The van der Waals surface area contributed by atoms with Gasteiger partial charge in [-0.2, -0.15) is 0 Å². The molecule has 3 rings (SSSR count). The molecule has 0 bridgehead atoms. The summed E-state index contributed by atoms with van der Waals surface area (Å²) in [5.41, 5.74) is 2.02.